The molecule has 3 aromatic carbocycles. The summed E-state index contributed by atoms with van der Waals surface area (Å²) in [5, 5.41) is 9.99. The summed E-state index contributed by atoms with van der Waals surface area (Å²) < 4.78 is 13.5. The van der Waals surface area contributed by atoms with Gasteiger partial charge in [-0.2, -0.15) is 0 Å². The topological polar surface area (TPSA) is 23.5 Å². The van der Waals surface area contributed by atoms with Crippen LogP contribution in [0, 0.1) is 5.82 Å². The molecule has 1 saturated heterocycles. The number of hydrogen-bond donors (Lipinski definition) is 1. The van der Waals surface area contributed by atoms with Crippen LogP contribution >= 0.6 is 0 Å². The number of aryl methyl sites for hydroxylation is 1. The monoisotopic (exact) mass is 401 g/mol. The number of piperidine rings is 1. The Morgan fingerprint density at radius 1 is 0.800 bits per heavy atom. The molecule has 3 aromatic rings. The third kappa shape index (κ3) is 3.69. The van der Waals surface area contributed by atoms with Gasteiger partial charge in [0.15, 0.2) is 0 Å². The highest BCUT2D eigenvalue weighted by atomic mass is 19.1. The number of hydrogen-bond acceptors (Lipinski definition) is 2. The van der Waals surface area contributed by atoms with E-state index in [1.54, 1.807) is 18.2 Å². The molecule has 2 aliphatic rings. The highest BCUT2D eigenvalue weighted by Crippen LogP contribution is 2.47. The molecule has 1 aliphatic carbocycles. The predicted molar refractivity (Wildman–Crippen MR) is 120 cm³/mol. The van der Waals surface area contributed by atoms with Crippen molar-refractivity contribution in [3.63, 3.8) is 0 Å². The van der Waals surface area contributed by atoms with Crippen molar-refractivity contribution in [1.82, 2.24) is 0 Å². The van der Waals surface area contributed by atoms with Gasteiger partial charge in [0.1, 0.15) is 11.6 Å². The second-order valence-electron chi connectivity index (χ2n) is 8.70. The lowest BCUT2D eigenvalue weighted by molar-refractivity contribution is 0.469. The van der Waals surface area contributed by atoms with Gasteiger partial charge in [-0.15, -0.1) is 0 Å². The summed E-state index contributed by atoms with van der Waals surface area (Å²) in [6, 6.07) is 21.8. The maximum Gasteiger partial charge on any atom is 0.123 e. The molecule has 0 aromatic heterocycles. The molecule has 1 N–H and O–H groups in total. The minimum atomic E-state index is -0.192. The standard InChI is InChI=1S/C27H28FNO/c28-22-9-4-19(5-10-22)25-14-8-21-18-24(30)13-15-26(21)27(25)20-6-11-23(12-7-20)29-16-2-1-3-17-29/h4-7,9-13,15,18,25,27,30H,1-3,8,14,16-17H2. The molecule has 0 radical (unpaired) electrons. The SMILES string of the molecule is Oc1ccc2c(c1)CCC(c1ccc(F)cc1)C2c1ccc(N2CCCCC2)cc1. The highest BCUT2D eigenvalue weighted by molar-refractivity contribution is 5.52. The minimum absolute atomic E-state index is 0.192. The van der Waals surface area contributed by atoms with Gasteiger partial charge < -0.3 is 10.0 Å². The molecule has 1 heterocycles. The normalized spacial score (nSPS) is 21.3. The van der Waals surface area contributed by atoms with E-state index in [1.165, 1.54) is 47.2 Å². The molecule has 3 heteroatoms. The van der Waals surface area contributed by atoms with Gasteiger partial charge in [0.2, 0.25) is 0 Å². The molecular weight excluding hydrogens is 373 g/mol. The first kappa shape index (κ1) is 19.2. The Bertz CT molecular complexity index is 1010. The fourth-order valence-corrected chi connectivity index (χ4v) is 5.33. The van der Waals surface area contributed by atoms with Gasteiger partial charge in [0, 0.05) is 24.7 Å². The van der Waals surface area contributed by atoms with Crippen LogP contribution in [0.5, 0.6) is 5.75 Å². The Morgan fingerprint density at radius 3 is 2.23 bits per heavy atom. The first-order chi connectivity index (χ1) is 14.7. The van der Waals surface area contributed by atoms with Crippen molar-refractivity contribution < 1.29 is 9.50 Å². The Morgan fingerprint density at radius 2 is 1.50 bits per heavy atom. The van der Waals surface area contributed by atoms with Crippen molar-refractivity contribution in [2.75, 3.05) is 18.0 Å². The maximum atomic E-state index is 13.5. The molecule has 2 nitrogen and oxygen atoms in total. The number of nitrogens with zero attached hydrogens (tertiary/aromatic N) is 1. The van der Waals surface area contributed by atoms with E-state index in [2.05, 4.69) is 35.2 Å². The van der Waals surface area contributed by atoms with Crippen LogP contribution in [0.3, 0.4) is 0 Å². The number of phenols is 1. The summed E-state index contributed by atoms with van der Waals surface area (Å²) in [5.74, 6) is 0.634. The number of phenolic OH excluding ortho intramolecular Hbond substituents is 1. The lowest BCUT2D eigenvalue weighted by atomic mass is 9.69. The average Bonchev–Trinajstić information content (AvgIpc) is 2.79. The van der Waals surface area contributed by atoms with E-state index in [0.29, 0.717) is 11.7 Å². The van der Waals surface area contributed by atoms with Crippen molar-refractivity contribution >= 4 is 5.69 Å². The summed E-state index contributed by atoms with van der Waals surface area (Å²) in [7, 11) is 0. The van der Waals surface area contributed by atoms with Crippen molar-refractivity contribution in [2.45, 2.75) is 43.9 Å². The molecule has 0 saturated carbocycles. The summed E-state index contributed by atoms with van der Waals surface area (Å²) in [6.45, 7) is 2.28. The summed E-state index contributed by atoms with van der Waals surface area (Å²) in [5.41, 5.74) is 6.27. The van der Waals surface area contributed by atoms with E-state index in [9.17, 15) is 9.50 Å². The molecule has 0 bridgehead atoms. The van der Waals surface area contributed by atoms with Crippen LogP contribution in [0.1, 0.15) is 59.8 Å². The van der Waals surface area contributed by atoms with Crippen LogP contribution < -0.4 is 4.90 Å². The molecule has 2 atom stereocenters. The third-order valence-corrected chi connectivity index (χ3v) is 6.86. The number of benzene rings is 3. The molecule has 5 rings (SSSR count). The van der Waals surface area contributed by atoms with Crippen LogP contribution in [-0.4, -0.2) is 18.2 Å². The van der Waals surface area contributed by atoms with Gasteiger partial charge >= 0.3 is 0 Å². The first-order valence-corrected chi connectivity index (χ1v) is 11.1. The second-order valence-corrected chi connectivity index (χ2v) is 8.70. The quantitative estimate of drug-likeness (QED) is 0.550. The number of anilines is 1. The van der Waals surface area contributed by atoms with Crippen LogP contribution in [0.4, 0.5) is 10.1 Å². The fourth-order valence-electron chi connectivity index (χ4n) is 5.33. The van der Waals surface area contributed by atoms with Crippen LogP contribution in [-0.2, 0) is 6.42 Å². The van der Waals surface area contributed by atoms with Gasteiger partial charge in [-0.25, -0.2) is 4.39 Å². The van der Waals surface area contributed by atoms with E-state index in [1.807, 2.05) is 18.2 Å². The molecule has 2 unspecified atom stereocenters. The molecule has 1 aliphatic heterocycles. The average molecular weight is 402 g/mol. The minimum Gasteiger partial charge on any atom is -0.508 e. The number of aromatic hydroxyl groups is 1. The summed E-state index contributed by atoms with van der Waals surface area (Å²) >= 11 is 0. The summed E-state index contributed by atoms with van der Waals surface area (Å²) in [4.78, 5) is 2.48. The smallest absolute Gasteiger partial charge is 0.123 e. The molecule has 30 heavy (non-hydrogen) atoms. The Balaban J connectivity index is 1.53. The van der Waals surface area contributed by atoms with Gasteiger partial charge in [-0.05, 0) is 96.7 Å². The van der Waals surface area contributed by atoms with Gasteiger partial charge in [-0.1, -0.05) is 30.3 Å². The molecule has 0 spiro atoms. The maximum absolute atomic E-state index is 13.5. The van der Waals surface area contributed by atoms with Crippen LogP contribution in [0.15, 0.2) is 66.7 Å². The van der Waals surface area contributed by atoms with Gasteiger partial charge in [-0.3, -0.25) is 0 Å². The zero-order valence-corrected chi connectivity index (χ0v) is 17.2. The van der Waals surface area contributed by atoms with Crippen molar-refractivity contribution in [2.24, 2.45) is 0 Å². The number of fused-ring (bicyclic) bond motifs is 1. The fraction of sp³-hybridized carbons (Fsp3) is 0.333. The highest BCUT2D eigenvalue weighted by Gasteiger charge is 2.32. The number of halogens is 1. The van der Waals surface area contributed by atoms with Crippen molar-refractivity contribution in [3.05, 3.63) is 94.8 Å². The molecular formula is C27H28FNO. The van der Waals surface area contributed by atoms with Gasteiger partial charge in [0.05, 0.1) is 0 Å². The second kappa shape index (κ2) is 8.14. The third-order valence-electron chi connectivity index (χ3n) is 6.86. The van der Waals surface area contributed by atoms with Gasteiger partial charge in [0.25, 0.3) is 0 Å². The van der Waals surface area contributed by atoms with Crippen molar-refractivity contribution in [1.29, 1.82) is 0 Å². The van der Waals surface area contributed by atoms with Crippen LogP contribution in [0.25, 0.3) is 0 Å². The Kier molecular flexibility index (Phi) is 5.20. The molecule has 1 fully saturated rings. The predicted octanol–water partition coefficient (Wildman–Crippen LogP) is 6.38. The molecule has 154 valence electrons. The number of rotatable bonds is 3. The lowest BCUT2D eigenvalue weighted by Gasteiger charge is -2.35. The van der Waals surface area contributed by atoms with E-state index in [0.717, 1.165) is 25.9 Å². The Hall–Kier alpha value is -2.81. The van der Waals surface area contributed by atoms with E-state index >= 15 is 0 Å². The van der Waals surface area contributed by atoms with E-state index in [-0.39, 0.29) is 11.7 Å². The largest absolute Gasteiger partial charge is 0.508 e. The Labute approximate surface area is 178 Å². The zero-order chi connectivity index (χ0) is 20.5. The summed E-state index contributed by atoms with van der Waals surface area (Å²) in [6.07, 6.45) is 5.79. The van der Waals surface area contributed by atoms with E-state index < -0.39 is 0 Å². The van der Waals surface area contributed by atoms with Crippen LogP contribution in [0.2, 0.25) is 0 Å². The molecule has 0 amide bonds. The van der Waals surface area contributed by atoms with Crippen molar-refractivity contribution in [3.8, 4) is 5.75 Å². The first-order valence-electron chi connectivity index (χ1n) is 11.1. The lowest BCUT2D eigenvalue weighted by Crippen LogP contribution is -2.29. The zero-order valence-electron chi connectivity index (χ0n) is 17.2. The van der Waals surface area contributed by atoms with E-state index in [4.69, 9.17) is 0 Å².